The highest BCUT2D eigenvalue weighted by atomic mass is 32.2. The van der Waals surface area contributed by atoms with E-state index in [4.69, 9.17) is 0 Å². The highest BCUT2D eigenvalue weighted by molar-refractivity contribution is 7.99. The Labute approximate surface area is 117 Å². The predicted molar refractivity (Wildman–Crippen MR) is 75.7 cm³/mol. The zero-order valence-electron chi connectivity index (χ0n) is 11.2. The van der Waals surface area contributed by atoms with Gasteiger partial charge in [0.25, 0.3) is 0 Å². The van der Waals surface area contributed by atoms with Gasteiger partial charge < -0.3 is 5.32 Å². The molecule has 1 N–H and O–H groups in total. The molecule has 0 atom stereocenters. The van der Waals surface area contributed by atoms with Crippen LogP contribution in [0.1, 0.15) is 18.9 Å². The van der Waals surface area contributed by atoms with Gasteiger partial charge in [0.2, 0.25) is 0 Å². The van der Waals surface area contributed by atoms with Gasteiger partial charge in [0.05, 0.1) is 16.0 Å². The summed E-state index contributed by atoms with van der Waals surface area (Å²) in [6, 6.07) is 5.22. The molecule has 0 aliphatic rings. The quantitative estimate of drug-likeness (QED) is 0.823. The lowest BCUT2D eigenvalue weighted by Crippen LogP contribution is -2.14. The smallest absolute Gasteiger partial charge is 0.137 e. The molecule has 0 saturated heterocycles. The zero-order chi connectivity index (χ0) is 13.7. The molecule has 3 nitrogen and oxygen atoms in total. The van der Waals surface area contributed by atoms with Crippen LogP contribution in [0, 0.1) is 5.82 Å². The Bertz CT molecular complexity index is 539. The van der Waals surface area contributed by atoms with Crippen LogP contribution in [0.15, 0.2) is 40.4 Å². The van der Waals surface area contributed by atoms with E-state index >= 15 is 0 Å². The molecule has 0 aliphatic heterocycles. The van der Waals surface area contributed by atoms with E-state index in [2.05, 4.69) is 17.3 Å². The van der Waals surface area contributed by atoms with Crippen molar-refractivity contribution in [3.8, 4) is 0 Å². The van der Waals surface area contributed by atoms with Crippen molar-refractivity contribution in [2.45, 2.75) is 29.7 Å². The van der Waals surface area contributed by atoms with Gasteiger partial charge in [-0.1, -0.05) is 30.8 Å². The SMILES string of the molecule is CCCNCc1cccc(F)c1Sc1cnn(C)c1. The maximum atomic E-state index is 14.0. The summed E-state index contributed by atoms with van der Waals surface area (Å²) in [5, 5.41) is 7.41. The molecule has 0 bridgehead atoms. The van der Waals surface area contributed by atoms with Gasteiger partial charge in [-0.2, -0.15) is 5.10 Å². The van der Waals surface area contributed by atoms with Crippen LogP contribution in [0.4, 0.5) is 4.39 Å². The number of benzene rings is 1. The van der Waals surface area contributed by atoms with Crippen LogP contribution >= 0.6 is 11.8 Å². The molecule has 0 amide bonds. The zero-order valence-corrected chi connectivity index (χ0v) is 12.0. The molecule has 0 fully saturated rings. The fourth-order valence-electron chi connectivity index (χ4n) is 1.78. The average molecular weight is 279 g/mol. The second-order valence-corrected chi connectivity index (χ2v) is 5.44. The number of hydrogen-bond acceptors (Lipinski definition) is 3. The van der Waals surface area contributed by atoms with Crippen LogP contribution in [0.25, 0.3) is 0 Å². The molecule has 0 unspecified atom stereocenters. The van der Waals surface area contributed by atoms with Crippen molar-refractivity contribution in [3.05, 3.63) is 42.0 Å². The van der Waals surface area contributed by atoms with E-state index in [-0.39, 0.29) is 5.82 Å². The van der Waals surface area contributed by atoms with Crippen LogP contribution in [0.3, 0.4) is 0 Å². The van der Waals surface area contributed by atoms with Crippen molar-refractivity contribution >= 4 is 11.8 Å². The number of rotatable bonds is 6. The number of aromatic nitrogens is 2. The van der Waals surface area contributed by atoms with E-state index in [9.17, 15) is 4.39 Å². The first kappa shape index (κ1) is 14.1. The number of aryl methyl sites for hydroxylation is 1. The minimum atomic E-state index is -0.176. The maximum absolute atomic E-state index is 14.0. The average Bonchev–Trinajstić information content (AvgIpc) is 2.79. The fourth-order valence-corrected chi connectivity index (χ4v) is 2.75. The van der Waals surface area contributed by atoms with Crippen LogP contribution in [-0.4, -0.2) is 16.3 Å². The maximum Gasteiger partial charge on any atom is 0.137 e. The van der Waals surface area contributed by atoms with Crippen molar-refractivity contribution in [3.63, 3.8) is 0 Å². The molecule has 1 heterocycles. The summed E-state index contributed by atoms with van der Waals surface area (Å²) < 4.78 is 15.7. The molecule has 102 valence electrons. The van der Waals surface area contributed by atoms with Gasteiger partial charge in [-0.15, -0.1) is 0 Å². The van der Waals surface area contributed by atoms with Gasteiger partial charge in [-0.05, 0) is 24.6 Å². The van der Waals surface area contributed by atoms with E-state index in [0.717, 1.165) is 23.4 Å². The third-order valence-electron chi connectivity index (χ3n) is 2.69. The fraction of sp³-hybridized carbons (Fsp3) is 0.357. The summed E-state index contributed by atoms with van der Waals surface area (Å²) in [6.07, 6.45) is 4.71. The van der Waals surface area contributed by atoms with Gasteiger partial charge >= 0.3 is 0 Å². The van der Waals surface area contributed by atoms with Crippen LogP contribution < -0.4 is 5.32 Å². The third kappa shape index (κ3) is 3.81. The Morgan fingerprint density at radius 3 is 2.95 bits per heavy atom. The highest BCUT2D eigenvalue weighted by Gasteiger charge is 2.10. The van der Waals surface area contributed by atoms with Crippen molar-refractivity contribution in [1.82, 2.24) is 15.1 Å². The van der Waals surface area contributed by atoms with E-state index in [0.29, 0.717) is 11.4 Å². The van der Waals surface area contributed by atoms with E-state index in [1.807, 2.05) is 19.3 Å². The number of hydrogen-bond donors (Lipinski definition) is 1. The molecule has 0 spiro atoms. The van der Waals surface area contributed by atoms with Gasteiger partial charge in [0.15, 0.2) is 0 Å². The van der Waals surface area contributed by atoms with Crippen LogP contribution in [-0.2, 0) is 13.6 Å². The van der Waals surface area contributed by atoms with E-state index in [1.165, 1.54) is 17.8 Å². The van der Waals surface area contributed by atoms with Crippen LogP contribution in [0.2, 0.25) is 0 Å². The van der Waals surface area contributed by atoms with Crippen LogP contribution in [0.5, 0.6) is 0 Å². The molecule has 2 aromatic rings. The van der Waals surface area contributed by atoms with Crippen molar-refractivity contribution in [1.29, 1.82) is 0 Å². The lowest BCUT2D eigenvalue weighted by atomic mass is 10.2. The molecule has 19 heavy (non-hydrogen) atoms. The minimum Gasteiger partial charge on any atom is -0.313 e. The van der Waals surface area contributed by atoms with Gasteiger partial charge in [-0.25, -0.2) is 4.39 Å². The summed E-state index contributed by atoms with van der Waals surface area (Å²) in [5.41, 5.74) is 0.988. The first-order valence-corrected chi connectivity index (χ1v) is 7.17. The Morgan fingerprint density at radius 1 is 1.42 bits per heavy atom. The summed E-state index contributed by atoms with van der Waals surface area (Å²) in [7, 11) is 1.86. The van der Waals surface area contributed by atoms with E-state index < -0.39 is 0 Å². The molecular weight excluding hydrogens is 261 g/mol. The summed E-state index contributed by atoms with van der Waals surface area (Å²) in [5.74, 6) is -0.176. The molecule has 0 aliphatic carbocycles. The number of nitrogens with one attached hydrogen (secondary N) is 1. The normalized spacial score (nSPS) is 10.9. The summed E-state index contributed by atoms with van der Waals surface area (Å²) >= 11 is 1.42. The highest BCUT2D eigenvalue weighted by Crippen LogP contribution is 2.32. The molecule has 0 radical (unpaired) electrons. The van der Waals surface area contributed by atoms with Crippen molar-refractivity contribution < 1.29 is 4.39 Å². The third-order valence-corrected chi connectivity index (χ3v) is 3.80. The van der Waals surface area contributed by atoms with Gasteiger partial charge in [0, 0.05) is 19.8 Å². The summed E-state index contributed by atoms with van der Waals surface area (Å²) in [4.78, 5) is 1.63. The molecular formula is C14H18FN3S. The second kappa shape index (κ2) is 6.73. The Balaban J connectivity index is 2.17. The largest absolute Gasteiger partial charge is 0.313 e. The second-order valence-electron chi connectivity index (χ2n) is 4.36. The molecule has 1 aromatic carbocycles. The van der Waals surface area contributed by atoms with Crippen molar-refractivity contribution in [2.24, 2.45) is 7.05 Å². The Hall–Kier alpha value is -1.33. The Morgan fingerprint density at radius 2 is 2.26 bits per heavy atom. The monoisotopic (exact) mass is 279 g/mol. The Kier molecular flexibility index (Phi) is 4.99. The van der Waals surface area contributed by atoms with E-state index in [1.54, 1.807) is 16.9 Å². The number of halogens is 1. The minimum absolute atomic E-state index is 0.176. The van der Waals surface area contributed by atoms with Gasteiger partial charge in [-0.3, -0.25) is 4.68 Å². The molecule has 5 heteroatoms. The molecule has 1 aromatic heterocycles. The molecule has 0 saturated carbocycles. The predicted octanol–water partition coefficient (Wildman–Crippen LogP) is 3.21. The lowest BCUT2D eigenvalue weighted by molar-refractivity contribution is 0.589. The molecule has 2 rings (SSSR count). The first-order chi connectivity index (χ1) is 9.20. The first-order valence-electron chi connectivity index (χ1n) is 6.35. The summed E-state index contributed by atoms with van der Waals surface area (Å²) in [6.45, 7) is 3.74. The van der Waals surface area contributed by atoms with Crippen molar-refractivity contribution in [2.75, 3.05) is 6.54 Å². The standard InChI is InChI=1S/C14H18FN3S/c1-3-7-16-8-11-5-4-6-13(15)14(11)19-12-9-17-18(2)10-12/h4-6,9-10,16H,3,7-8H2,1-2H3. The lowest BCUT2D eigenvalue weighted by Gasteiger charge is -2.10. The van der Waals surface area contributed by atoms with Gasteiger partial charge in [0.1, 0.15) is 5.82 Å². The number of nitrogens with zero attached hydrogens (tertiary/aromatic N) is 2. The topological polar surface area (TPSA) is 29.9 Å².